The van der Waals surface area contributed by atoms with Gasteiger partial charge in [-0.1, -0.05) is 0 Å². The highest BCUT2D eigenvalue weighted by atomic mass is 16.1. The summed E-state index contributed by atoms with van der Waals surface area (Å²) in [5.41, 5.74) is 1.02. The van der Waals surface area contributed by atoms with Crippen molar-refractivity contribution in [3.8, 4) is 0 Å². The Kier molecular flexibility index (Phi) is 2.66. The molecule has 18 heavy (non-hydrogen) atoms. The van der Waals surface area contributed by atoms with Gasteiger partial charge in [-0.2, -0.15) is 0 Å². The van der Waals surface area contributed by atoms with Gasteiger partial charge in [-0.25, -0.2) is 9.97 Å². The minimum absolute atomic E-state index is 0.0938. The predicted molar refractivity (Wildman–Crippen MR) is 68.7 cm³/mol. The van der Waals surface area contributed by atoms with E-state index in [1.54, 1.807) is 4.57 Å². The number of rotatable bonds is 1. The quantitative estimate of drug-likeness (QED) is 0.766. The average molecular weight is 247 g/mol. The normalized spacial score (nSPS) is 20.4. The molecule has 1 atom stereocenters. The molecule has 0 radical (unpaired) electrons. The summed E-state index contributed by atoms with van der Waals surface area (Å²) in [6.45, 7) is 3.80. The van der Waals surface area contributed by atoms with E-state index in [0.29, 0.717) is 11.2 Å². The summed E-state index contributed by atoms with van der Waals surface area (Å²) in [5.74, 6) is 1.86. The van der Waals surface area contributed by atoms with Gasteiger partial charge in [-0.15, -0.1) is 0 Å². The summed E-state index contributed by atoms with van der Waals surface area (Å²) in [6.07, 6.45) is 2.18. The first-order valence-electron chi connectivity index (χ1n) is 6.31. The summed E-state index contributed by atoms with van der Waals surface area (Å²) in [7, 11) is 1.84. The SMILES string of the molecule is Cc1nc2nc(C3CCCNC3)[nH]c(=O)c2n1C. The summed E-state index contributed by atoms with van der Waals surface area (Å²) in [4.78, 5) is 23.9. The van der Waals surface area contributed by atoms with Crippen LogP contribution in [0.25, 0.3) is 11.2 Å². The Hall–Kier alpha value is -1.69. The molecule has 1 unspecified atom stereocenters. The van der Waals surface area contributed by atoms with Crippen molar-refractivity contribution in [3.63, 3.8) is 0 Å². The van der Waals surface area contributed by atoms with E-state index in [1.807, 2.05) is 14.0 Å². The molecule has 1 aliphatic heterocycles. The zero-order chi connectivity index (χ0) is 12.7. The number of hydrogen-bond donors (Lipinski definition) is 2. The van der Waals surface area contributed by atoms with Crippen LogP contribution in [0.2, 0.25) is 0 Å². The van der Waals surface area contributed by atoms with Crippen molar-refractivity contribution < 1.29 is 0 Å². The van der Waals surface area contributed by atoms with E-state index in [-0.39, 0.29) is 11.5 Å². The van der Waals surface area contributed by atoms with Crippen molar-refractivity contribution in [1.82, 2.24) is 24.8 Å². The molecule has 0 amide bonds. The zero-order valence-electron chi connectivity index (χ0n) is 10.7. The highest BCUT2D eigenvalue weighted by Crippen LogP contribution is 2.20. The molecule has 3 heterocycles. The number of piperidine rings is 1. The summed E-state index contributed by atoms with van der Waals surface area (Å²) >= 11 is 0. The second-order valence-electron chi connectivity index (χ2n) is 4.88. The van der Waals surface area contributed by atoms with E-state index in [9.17, 15) is 4.79 Å². The maximum Gasteiger partial charge on any atom is 0.277 e. The molecule has 3 rings (SSSR count). The molecule has 0 bridgehead atoms. The number of hydrogen-bond acceptors (Lipinski definition) is 4. The second kappa shape index (κ2) is 4.20. The van der Waals surface area contributed by atoms with E-state index < -0.39 is 0 Å². The predicted octanol–water partition coefficient (Wildman–Crippen LogP) is 0.432. The molecule has 1 fully saturated rings. The Morgan fingerprint density at radius 1 is 1.39 bits per heavy atom. The van der Waals surface area contributed by atoms with Crippen LogP contribution in [0.4, 0.5) is 0 Å². The maximum atomic E-state index is 12.1. The number of fused-ring (bicyclic) bond motifs is 1. The standard InChI is InChI=1S/C12H17N5O/c1-7-14-11-9(17(7)2)12(18)16-10(15-11)8-4-3-5-13-6-8/h8,13H,3-6H2,1-2H3,(H,15,16,18). The van der Waals surface area contributed by atoms with Crippen molar-refractivity contribution >= 4 is 11.2 Å². The summed E-state index contributed by atoms with van der Waals surface area (Å²) in [6, 6.07) is 0. The fourth-order valence-electron chi connectivity index (χ4n) is 2.52. The van der Waals surface area contributed by atoms with Gasteiger partial charge in [0.25, 0.3) is 5.56 Å². The van der Waals surface area contributed by atoms with E-state index in [4.69, 9.17) is 0 Å². The average Bonchev–Trinajstić information content (AvgIpc) is 2.66. The molecule has 1 aliphatic rings. The lowest BCUT2D eigenvalue weighted by Gasteiger charge is -2.21. The van der Waals surface area contributed by atoms with Crippen LogP contribution >= 0.6 is 0 Å². The lowest BCUT2D eigenvalue weighted by molar-refractivity contribution is 0.446. The Morgan fingerprint density at radius 2 is 2.22 bits per heavy atom. The lowest BCUT2D eigenvalue weighted by atomic mass is 9.99. The number of nitrogens with zero attached hydrogens (tertiary/aromatic N) is 3. The van der Waals surface area contributed by atoms with Crippen molar-refractivity contribution in [2.75, 3.05) is 13.1 Å². The van der Waals surface area contributed by atoms with E-state index in [2.05, 4.69) is 20.3 Å². The van der Waals surface area contributed by atoms with E-state index >= 15 is 0 Å². The molecule has 0 saturated carbocycles. The number of nitrogens with one attached hydrogen (secondary N) is 2. The first-order valence-corrected chi connectivity index (χ1v) is 6.31. The van der Waals surface area contributed by atoms with Gasteiger partial charge >= 0.3 is 0 Å². The minimum atomic E-state index is -0.0938. The summed E-state index contributed by atoms with van der Waals surface area (Å²) < 4.78 is 1.78. The van der Waals surface area contributed by atoms with Crippen LogP contribution in [-0.2, 0) is 7.05 Å². The highest BCUT2D eigenvalue weighted by molar-refractivity contribution is 5.70. The Labute approximate surface area is 104 Å². The number of aryl methyl sites for hydroxylation is 2. The Morgan fingerprint density at radius 3 is 2.94 bits per heavy atom. The molecular formula is C12H17N5O. The zero-order valence-corrected chi connectivity index (χ0v) is 10.7. The van der Waals surface area contributed by atoms with Gasteiger partial charge in [0.15, 0.2) is 11.2 Å². The molecule has 0 aromatic carbocycles. The molecule has 96 valence electrons. The fraction of sp³-hybridized carbons (Fsp3) is 0.583. The topological polar surface area (TPSA) is 75.6 Å². The monoisotopic (exact) mass is 247 g/mol. The third kappa shape index (κ3) is 1.73. The third-order valence-electron chi connectivity index (χ3n) is 3.67. The van der Waals surface area contributed by atoms with Gasteiger partial charge < -0.3 is 14.9 Å². The largest absolute Gasteiger partial charge is 0.325 e. The van der Waals surface area contributed by atoms with Crippen LogP contribution in [0.5, 0.6) is 0 Å². The number of aromatic nitrogens is 4. The second-order valence-corrected chi connectivity index (χ2v) is 4.88. The van der Waals surface area contributed by atoms with Crippen molar-refractivity contribution in [1.29, 1.82) is 0 Å². The van der Waals surface area contributed by atoms with Crippen LogP contribution in [0.15, 0.2) is 4.79 Å². The van der Waals surface area contributed by atoms with Crippen LogP contribution in [0.3, 0.4) is 0 Å². The molecular weight excluding hydrogens is 230 g/mol. The minimum Gasteiger partial charge on any atom is -0.325 e. The van der Waals surface area contributed by atoms with Crippen molar-refractivity contribution in [3.05, 3.63) is 22.0 Å². The molecule has 2 N–H and O–H groups in total. The number of H-pyrrole nitrogens is 1. The smallest absolute Gasteiger partial charge is 0.277 e. The number of imidazole rings is 1. The van der Waals surface area contributed by atoms with Gasteiger partial charge in [0.05, 0.1) is 0 Å². The van der Waals surface area contributed by atoms with Crippen LogP contribution in [-0.4, -0.2) is 32.6 Å². The Balaban J connectivity index is 2.12. The van der Waals surface area contributed by atoms with Crippen molar-refractivity contribution in [2.45, 2.75) is 25.7 Å². The Bertz CT molecular complexity index is 636. The van der Waals surface area contributed by atoms with Crippen molar-refractivity contribution in [2.24, 2.45) is 7.05 Å². The molecule has 0 spiro atoms. The van der Waals surface area contributed by atoms with E-state index in [1.165, 1.54) is 0 Å². The third-order valence-corrected chi connectivity index (χ3v) is 3.67. The van der Waals surface area contributed by atoms with Gasteiger partial charge in [0.1, 0.15) is 11.6 Å². The first-order chi connectivity index (χ1) is 8.66. The van der Waals surface area contributed by atoms with E-state index in [0.717, 1.165) is 37.6 Å². The molecule has 1 saturated heterocycles. The molecule has 2 aromatic rings. The van der Waals surface area contributed by atoms with Gasteiger partial charge in [0, 0.05) is 19.5 Å². The molecule has 2 aromatic heterocycles. The maximum absolute atomic E-state index is 12.1. The summed E-state index contributed by atoms with van der Waals surface area (Å²) in [5, 5.41) is 3.33. The van der Waals surface area contributed by atoms with Crippen LogP contribution in [0.1, 0.15) is 30.4 Å². The first kappa shape index (κ1) is 11.4. The van der Waals surface area contributed by atoms with Crippen LogP contribution < -0.4 is 10.9 Å². The molecule has 6 nitrogen and oxygen atoms in total. The van der Waals surface area contributed by atoms with Gasteiger partial charge in [-0.05, 0) is 26.3 Å². The highest BCUT2D eigenvalue weighted by Gasteiger charge is 2.20. The van der Waals surface area contributed by atoms with Gasteiger partial charge in [-0.3, -0.25) is 4.79 Å². The van der Waals surface area contributed by atoms with Crippen LogP contribution in [0, 0.1) is 6.92 Å². The molecule has 0 aliphatic carbocycles. The molecule has 6 heteroatoms. The number of aromatic amines is 1. The lowest BCUT2D eigenvalue weighted by Crippen LogP contribution is -2.30. The fourth-order valence-corrected chi connectivity index (χ4v) is 2.52. The van der Waals surface area contributed by atoms with Gasteiger partial charge in [0.2, 0.25) is 0 Å².